The molecule has 5 heteroatoms. The van der Waals surface area contributed by atoms with E-state index in [0.717, 1.165) is 24.3 Å². The van der Waals surface area contributed by atoms with E-state index in [1.54, 1.807) is 0 Å². The molecular formula is C12H21Cl2N3. The molecular weight excluding hydrogens is 257 g/mol. The van der Waals surface area contributed by atoms with Crippen LogP contribution in [0.4, 0.5) is 5.69 Å². The number of nitrogens with zero attached hydrogens (tertiary/aromatic N) is 2. The first-order valence-electron chi connectivity index (χ1n) is 5.38. The first-order valence-corrected chi connectivity index (χ1v) is 5.38. The monoisotopic (exact) mass is 277 g/mol. The number of rotatable bonds is 5. The number of hydrogen-bond donors (Lipinski definition) is 1. The van der Waals surface area contributed by atoms with Crippen molar-refractivity contribution in [2.45, 2.75) is 20.4 Å². The molecule has 0 saturated heterocycles. The lowest BCUT2D eigenvalue weighted by Crippen LogP contribution is -2.20. The maximum absolute atomic E-state index is 5.63. The van der Waals surface area contributed by atoms with Crippen molar-refractivity contribution in [1.29, 1.82) is 0 Å². The van der Waals surface area contributed by atoms with E-state index in [2.05, 4.69) is 23.7 Å². The van der Waals surface area contributed by atoms with Gasteiger partial charge in [0.1, 0.15) is 0 Å². The Bertz CT molecular complexity index is 325. The second-order valence-electron chi connectivity index (χ2n) is 3.30. The molecule has 0 aromatic heterocycles. The van der Waals surface area contributed by atoms with Crippen LogP contribution < -0.4 is 5.73 Å². The van der Waals surface area contributed by atoms with Crippen molar-refractivity contribution in [3.63, 3.8) is 0 Å². The second kappa shape index (κ2) is 10.4. The third kappa shape index (κ3) is 5.91. The number of para-hydroxylation sites is 1. The Balaban J connectivity index is 0. The van der Waals surface area contributed by atoms with E-state index in [4.69, 9.17) is 5.73 Å². The smallest absolute Gasteiger partial charge is 0.0912 e. The fraction of sp³-hybridized carbons (Fsp3) is 0.417. The normalized spacial score (nSPS) is 9.59. The van der Waals surface area contributed by atoms with Gasteiger partial charge >= 0.3 is 0 Å². The Morgan fingerprint density at radius 2 is 1.76 bits per heavy atom. The third-order valence-corrected chi connectivity index (χ3v) is 2.38. The highest BCUT2D eigenvalue weighted by Gasteiger charge is 1.97. The molecule has 3 nitrogen and oxygen atoms in total. The summed E-state index contributed by atoms with van der Waals surface area (Å²) in [5.41, 5.74) is 7.68. The van der Waals surface area contributed by atoms with E-state index in [-0.39, 0.29) is 24.8 Å². The molecule has 0 aliphatic heterocycles. The van der Waals surface area contributed by atoms with Gasteiger partial charge in [-0.05, 0) is 25.5 Å². The van der Waals surface area contributed by atoms with Gasteiger partial charge in [0.15, 0.2) is 0 Å². The molecule has 0 saturated carbocycles. The van der Waals surface area contributed by atoms with Crippen LogP contribution in [0.3, 0.4) is 0 Å². The summed E-state index contributed by atoms with van der Waals surface area (Å²) in [6.45, 7) is 6.72. The predicted octanol–water partition coefficient (Wildman–Crippen LogP) is 2.99. The van der Waals surface area contributed by atoms with Gasteiger partial charge in [-0.3, -0.25) is 0 Å². The summed E-state index contributed by atoms with van der Waals surface area (Å²) in [4.78, 5) is 6.59. The van der Waals surface area contributed by atoms with Gasteiger partial charge in [0, 0.05) is 19.6 Å². The minimum Gasteiger partial charge on any atom is -0.363 e. The molecule has 0 spiro atoms. The summed E-state index contributed by atoms with van der Waals surface area (Å²) in [7, 11) is 0. The molecule has 0 unspecified atom stereocenters. The number of hydrogen-bond acceptors (Lipinski definition) is 2. The zero-order valence-corrected chi connectivity index (χ0v) is 11.9. The van der Waals surface area contributed by atoms with Crippen molar-refractivity contribution >= 4 is 36.8 Å². The van der Waals surface area contributed by atoms with Crippen molar-refractivity contribution in [2.75, 3.05) is 13.1 Å². The molecule has 2 N–H and O–H groups in total. The van der Waals surface area contributed by atoms with Crippen molar-refractivity contribution in [1.82, 2.24) is 4.90 Å². The molecule has 0 aliphatic rings. The molecule has 98 valence electrons. The van der Waals surface area contributed by atoms with Crippen LogP contribution >= 0.6 is 24.8 Å². The average Bonchev–Trinajstić information content (AvgIpc) is 2.31. The Morgan fingerprint density at radius 1 is 1.18 bits per heavy atom. The third-order valence-electron chi connectivity index (χ3n) is 2.38. The Kier molecular flexibility index (Phi) is 11.4. The van der Waals surface area contributed by atoms with Gasteiger partial charge in [0.05, 0.1) is 12.0 Å². The second-order valence-corrected chi connectivity index (χ2v) is 3.30. The molecule has 17 heavy (non-hydrogen) atoms. The zero-order valence-electron chi connectivity index (χ0n) is 10.3. The zero-order chi connectivity index (χ0) is 11.1. The van der Waals surface area contributed by atoms with Gasteiger partial charge in [-0.2, -0.15) is 0 Å². The first-order chi connectivity index (χ1) is 7.31. The molecule has 0 radical (unpaired) electrons. The Labute approximate surface area is 116 Å². The first kappa shape index (κ1) is 18.6. The summed E-state index contributed by atoms with van der Waals surface area (Å²) in [6, 6.07) is 7.96. The average molecular weight is 278 g/mol. The Hall–Kier alpha value is -0.770. The largest absolute Gasteiger partial charge is 0.363 e. The van der Waals surface area contributed by atoms with E-state index in [1.807, 2.05) is 30.6 Å². The Morgan fingerprint density at radius 3 is 2.29 bits per heavy atom. The lowest BCUT2D eigenvalue weighted by Gasteiger charge is -2.13. The van der Waals surface area contributed by atoms with Crippen LogP contribution in [0.25, 0.3) is 0 Å². The lowest BCUT2D eigenvalue weighted by atomic mass is 10.2. The number of halogens is 2. The number of aliphatic imine (C=N–C) groups is 1. The van der Waals surface area contributed by atoms with Gasteiger partial charge in [0.25, 0.3) is 0 Å². The van der Waals surface area contributed by atoms with Crippen LogP contribution in [-0.4, -0.2) is 24.3 Å². The highest BCUT2D eigenvalue weighted by atomic mass is 35.5. The molecule has 0 bridgehead atoms. The maximum atomic E-state index is 5.63. The molecule has 0 aliphatic carbocycles. The molecule has 1 aromatic rings. The maximum Gasteiger partial charge on any atom is 0.0912 e. The van der Waals surface area contributed by atoms with Gasteiger partial charge in [-0.25, -0.2) is 4.99 Å². The van der Waals surface area contributed by atoms with Crippen molar-refractivity contribution in [2.24, 2.45) is 10.7 Å². The molecule has 1 rings (SSSR count). The van der Waals surface area contributed by atoms with Gasteiger partial charge in [-0.15, -0.1) is 24.8 Å². The minimum atomic E-state index is 0. The number of nitrogens with two attached hydrogens (primary N) is 1. The van der Waals surface area contributed by atoms with Crippen molar-refractivity contribution < 1.29 is 0 Å². The standard InChI is InChI=1S/C12H19N3.2ClH/c1-3-15(4-2)10-14-12-8-6-5-7-11(12)9-13;;/h5-8,10H,3-4,9,13H2,1-2H3;2*1H. The van der Waals surface area contributed by atoms with E-state index in [9.17, 15) is 0 Å². The van der Waals surface area contributed by atoms with E-state index in [0.29, 0.717) is 6.54 Å². The quantitative estimate of drug-likeness (QED) is 0.664. The SMILES string of the molecule is CCN(C=Nc1ccccc1CN)CC.Cl.Cl. The van der Waals surface area contributed by atoms with Crippen LogP contribution in [0.2, 0.25) is 0 Å². The summed E-state index contributed by atoms with van der Waals surface area (Å²) >= 11 is 0. The molecule has 1 aromatic carbocycles. The van der Waals surface area contributed by atoms with E-state index < -0.39 is 0 Å². The van der Waals surface area contributed by atoms with Crippen LogP contribution in [0, 0.1) is 0 Å². The van der Waals surface area contributed by atoms with E-state index >= 15 is 0 Å². The fourth-order valence-corrected chi connectivity index (χ4v) is 1.34. The molecule has 0 amide bonds. The summed E-state index contributed by atoms with van der Waals surface area (Å²) in [6.07, 6.45) is 1.88. The van der Waals surface area contributed by atoms with Crippen LogP contribution in [0.5, 0.6) is 0 Å². The van der Waals surface area contributed by atoms with Gasteiger partial charge in [-0.1, -0.05) is 18.2 Å². The molecule has 0 atom stereocenters. The predicted molar refractivity (Wildman–Crippen MR) is 79.9 cm³/mol. The van der Waals surface area contributed by atoms with E-state index in [1.165, 1.54) is 0 Å². The number of benzene rings is 1. The highest BCUT2D eigenvalue weighted by Crippen LogP contribution is 2.17. The summed E-state index contributed by atoms with van der Waals surface area (Å²) in [5.74, 6) is 0. The molecule has 0 heterocycles. The fourth-order valence-electron chi connectivity index (χ4n) is 1.34. The van der Waals surface area contributed by atoms with Crippen molar-refractivity contribution in [3.8, 4) is 0 Å². The summed E-state index contributed by atoms with van der Waals surface area (Å²) < 4.78 is 0. The summed E-state index contributed by atoms with van der Waals surface area (Å²) in [5, 5.41) is 0. The van der Waals surface area contributed by atoms with Crippen LogP contribution in [-0.2, 0) is 6.54 Å². The lowest BCUT2D eigenvalue weighted by molar-refractivity contribution is 0.480. The highest BCUT2D eigenvalue weighted by molar-refractivity contribution is 5.85. The van der Waals surface area contributed by atoms with Crippen LogP contribution in [0.15, 0.2) is 29.3 Å². The minimum absolute atomic E-state index is 0. The van der Waals surface area contributed by atoms with Crippen molar-refractivity contribution in [3.05, 3.63) is 29.8 Å². The van der Waals surface area contributed by atoms with Gasteiger partial charge in [0.2, 0.25) is 0 Å². The topological polar surface area (TPSA) is 41.6 Å². The molecule has 0 fully saturated rings. The van der Waals surface area contributed by atoms with Gasteiger partial charge < -0.3 is 10.6 Å². The van der Waals surface area contributed by atoms with Crippen LogP contribution in [0.1, 0.15) is 19.4 Å².